The van der Waals surface area contributed by atoms with Crippen molar-refractivity contribution in [2.45, 2.75) is 52.8 Å². The molecule has 1 N–H and O–H groups in total. The third kappa shape index (κ3) is 5.53. The van der Waals surface area contributed by atoms with Gasteiger partial charge in [0.15, 0.2) is 0 Å². The molecule has 0 saturated heterocycles. The van der Waals surface area contributed by atoms with Crippen LogP contribution in [0.15, 0.2) is 5.38 Å². The van der Waals surface area contributed by atoms with Crippen LogP contribution in [-0.2, 0) is 13.0 Å². The van der Waals surface area contributed by atoms with Crippen molar-refractivity contribution in [3.63, 3.8) is 0 Å². The van der Waals surface area contributed by atoms with E-state index < -0.39 is 12.7 Å². The molecule has 5 heteroatoms. The van der Waals surface area contributed by atoms with Crippen molar-refractivity contribution in [1.29, 1.82) is 0 Å². The number of rotatable bonds is 6. The summed E-state index contributed by atoms with van der Waals surface area (Å²) in [4.78, 5) is 1.30. The van der Waals surface area contributed by atoms with E-state index in [9.17, 15) is 13.2 Å². The largest absolute Gasteiger partial charge is 0.401 e. The third-order valence-electron chi connectivity index (χ3n) is 2.79. The van der Waals surface area contributed by atoms with E-state index in [0.717, 1.165) is 12.0 Å². The van der Waals surface area contributed by atoms with E-state index in [1.807, 2.05) is 5.38 Å². The first-order valence-corrected chi connectivity index (χ1v) is 7.45. The molecular formula is C14H22F3NS. The number of halogens is 3. The van der Waals surface area contributed by atoms with Crippen molar-refractivity contribution in [3.8, 4) is 0 Å². The van der Waals surface area contributed by atoms with Crippen LogP contribution in [0.3, 0.4) is 0 Å². The normalized spacial score (nSPS) is 12.7. The Labute approximate surface area is 117 Å². The van der Waals surface area contributed by atoms with Gasteiger partial charge in [0.25, 0.3) is 0 Å². The minimum absolute atomic E-state index is 0.296. The van der Waals surface area contributed by atoms with Crippen molar-refractivity contribution in [2.75, 3.05) is 6.54 Å². The lowest BCUT2D eigenvalue weighted by Crippen LogP contribution is -2.28. The van der Waals surface area contributed by atoms with E-state index in [0.29, 0.717) is 18.4 Å². The molecule has 0 saturated carbocycles. The highest BCUT2D eigenvalue weighted by atomic mass is 32.1. The maximum atomic E-state index is 12.1. The van der Waals surface area contributed by atoms with Crippen LogP contribution in [0.1, 0.15) is 49.6 Å². The Morgan fingerprint density at radius 3 is 2.32 bits per heavy atom. The van der Waals surface area contributed by atoms with Crippen LogP contribution in [0.2, 0.25) is 0 Å². The van der Waals surface area contributed by atoms with Crippen LogP contribution in [0.4, 0.5) is 13.2 Å². The summed E-state index contributed by atoms with van der Waals surface area (Å²) >= 11 is 1.66. The van der Waals surface area contributed by atoms with Crippen LogP contribution < -0.4 is 5.32 Å². The molecule has 0 spiro atoms. The molecule has 0 radical (unpaired) electrons. The maximum Gasteiger partial charge on any atom is 0.401 e. The van der Waals surface area contributed by atoms with Crippen molar-refractivity contribution >= 4 is 11.3 Å². The lowest BCUT2D eigenvalue weighted by Gasteiger charge is -2.13. The van der Waals surface area contributed by atoms with Gasteiger partial charge in [-0.15, -0.1) is 11.3 Å². The summed E-state index contributed by atoms with van der Waals surface area (Å²) in [6.45, 7) is 7.89. The Balaban J connectivity index is 2.77. The van der Waals surface area contributed by atoms with Gasteiger partial charge in [-0.05, 0) is 34.8 Å². The predicted molar refractivity (Wildman–Crippen MR) is 74.7 cm³/mol. The van der Waals surface area contributed by atoms with Gasteiger partial charge in [0, 0.05) is 11.4 Å². The number of hydrogen-bond acceptors (Lipinski definition) is 2. The molecule has 1 aromatic rings. The smallest absolute Gasteiger partial charge is 0.305 e. The van der Waals surface area contributed by atoms with Gasteiger partial charge in [0.2, 0.25) is 0 Å². The van der Waals surface area contributed by atoms with Gasteiger partial charge in [-0.1, -0.05) is 27.7 Å². The zero-order chi connectivity index (χ0) is 14.6. The molecule has 110 valence electrons. The highest BCUT2D eigenvalue weighted by molar-refractivity contribution is 7.10. The Morgan fingerprint density at radius 2 is 1.84 bits per heavy atom. The van der Waals surface area contributed by atoms with Gasteiger partial charge in [-0.3, -0.25) is 0 Å². The average molecular weight is 293 g/mol. The fourth-order valence-electron chi connectivity index (χ4n) is 2.05. The van der Waals surface area contributed by atoms with Crippen LogP contribution in [-0.4, -0.2) is 12.7 Å². The molecule has 0 aliphatic rings. The zero-order valence-corrected chi connectivity index (χ0v) is 12.7. The second-order valence-electron chi connectivity index (χ2n) is 5.58. The highest BCUT2D eigenvalue weighted by Crippen LogP contribution is 2.31. The molecule has 0 aromatic carbocycles. The molecule has 0 aliphatic heterocycles. The maximum absolute atomic E-state index is 12.1. The number of alkyl halides is 3. The van der Waals surface area contributed by atoms with Gasteiger partial charge in [0.1, 0.15) is 0 Å². The fraction of sp³-hybridized carbons (Fsp3) is 0.714. The summed E-state index contributed by atoms with van der Waals surface area (Å²) < 4.78 is 36.4. The molecule has 1 nitrogen and oxygen atoms in total. The lowest BCUT2D eigenvalue weighted by molar-refractivity contribution is -0.125. The summed E-state index contributed by atoms with van der Waals surface area (Å²) in [5.74, 6) is 0.934. The van der Waals surface area contributed by atoms with Gasteiger partial charge in [-0.2, -0.15) is 13.2 Å². The summed E-state index contributed by atoms with van der Waals surface area (Å²) in [5, 5.41) is 4.49. The summed E-state index contributed by atoms with van der Waals surface area (Å²) in [5.41, 5.74) is 2.26. The Hall–Kier alpha value is -0.550. The van der Waals surface area contributed by atoms with E-state index in [-0.39, 0.29) is 0 Å². The van der Waals surface area contributed by atoms with Crippen LogP contribution in [0.5, 0.6) is 0 Å². The standard InChI is InChI=1S/C14H22F3NS/c1-9(2)5-12-11(6-18-8-14(15,16)17)7-19-13(12)10(3)4/h7,9-10,18H,5-6,8H2,1-4H3. The first-order chi connectivity index (χ1) is 8.70. The molecule has 1 heterocycles. The number of hydrogen-bond donors (Lipinski definition) is 1. The molecule has 1 aromatic heterocycles. The Kier molecular flexibility index (Phi) is 5.86. The van der Waals surface area contributed by atoms with E-state index >= 15 is 0 Å². The average Bonchev–Trinajstić information content (AvgIpc) is 2.59. The molecule has 0 fully saturated rings. The van der Waals surface area contributed by atoms with Crippen molar-refractivity contribution < 1.29 is 13.2 Å². The van der Waals surface area contributed by atoms with Gasteiger partial charge < -0.3 is 5.32 Å². The topological polar surface area (TPSA) is 12.0 Å². The monoisotopic (exact) mass is 293 g/mol. The van der Waals surface area contributed by atoms with Crippen LogP contribution in [0, 0.1) is 5.92 Å². The zero-order valence-electron chi connectivity index (χ0n) is 11.9. The summed E-state index contributed by atoms with van der Waals surface area (Å²) in [6.07, 6.45) is -3.21. The third-order valence-corrected chi connectivity index (χ3v) is 4.16. The second-order valence-corrected chi connectivity index (χ2v) is 6.49. The van der Waals surface area contributed by atoms with E-state index in [2.05, 4.69) is 33.0 Å². The first kappa shape index (κ1) is 16.5. The van der Waals surface area contributed by atoms with E-state index in [4.69, 9.17) is 0 Å². The van der Waals surface area contributed by atoms with E-state index in [1.165, 1.54) is 10.4 Å². The molecule has 0 unspecified atom stereocenters. The van der Waals surface area contributed by atoms with Gasteiger partial charge in [-0.25, -0.2) is 0 Å². The molecular weight excluding hydrogens is 271 g/mol. The predicted octanol–water partition coefficient (Wildman–Crippen LogP) is 4.72. The summed E-state index contributed by atoms with van der Waals surface area (Å²) in [6, 6.07) is 0. The second kappa shape index (κ2) is 6.75. The van der Waals surface area contributed by atoms with Crippen molar-refractivity contribution in [3.05, 3.63) is 21.4 Å². The minimum atomic E-state index is -4.14. The highest BCUT2D eigenvalue weighted by Gasteiger charge is 2.26. The van der Waals surface area contributed by atoms with Gasteiger partial charge in [0.05, 0.1) is 6.54 Å². The first-order valence-electron chi connectivity index (χ1n) is 6.57. The molecule has 19 heavy (non-hydrogen) atoms. The summed E-state index contributed by atoms with van der Waals surface area (Å²) in [7, 11) is 0. The van der Waals surface area contributed by atoms with Crippen molar-refractivity contribution in [1.82, 2.24) is 5.32 Å². The lowest BCUT2D eigenvalue weighted by atomic mass is 9.96. The van der Waals surface area contributed by atoms with Crippen molar-refractivity contribution in [2.24, 2.45) is 5.92 Å². The molecule has 0 bridgehead atoms. The number of nitrogens with one attached hydrogen (secondary N) is 1. The minimum Gasteiger partial charge on any atom is -0.305 e. The van der Waals surface area contributed by atoms with E-state index in [1.54, 1.807) is 11.3 Å². The SMILES string of the molecule is CC(C)Cc1c(CNCC(F)(F)F)csc1C(C)C. The Bertz CT molecular complexity index is 394. The van der Waals surface area contributed by atoms with Crippen LogP contribution in [0.25, 0.3) is 0 Å². The quantitative estimate of drug-likeness (QED) is 0.800. The molecule has 0 aliphatic carbocycles. The molecule has 1 rings (SSSR count). The molecule has 0 amide bonds. The fourth-order valence-corrected chi connectivity index (χ4v) is 3.17. The number of thiophene rings is 1. The van der Waals surface area contributed by atoms with Gasteiger partial charge >= 0.3 is 6.18 Å². The van der Waals surface area contributed by atoms with Crippen LogP contribution >= 0.6 is 11.3 Å². The molecule has 0 atom stereocenters. The Morgan fingerprint density at radius 1 is 1.21 bits per heavy atom.